The monoisotopic (exact) mass is 367 g/mol. The van der Waals surface area contributed by atoms with Gasteiger partial charge in [-0.3, -0.25) is 0 Å². The molecule has 1 heterocycles. The molecule has 0 N–H and O–H groups in total. The lowest BCUT2D eigenvalue weighted by Crippen LogP contribution is -2.08. The second kappa shape index (κ2) is 6.12. The number of nitrogens with zero attached hydrogens (tertiary/aromatic N) is 5. The largest absolute Gasteiger partial charge is 0.217 e. The molecule has 0 amide bonds. The number of aromatic nitrogens is 4. The van der Waals surface area contributed by atoms with Crippen molar-refractivity contribution in [2.75, 3.05) is 0 Å². The highest BCUT2D eigenvalue weighted by Gasteiger charge is 2.23. The number of halogens is 2. The van der Waals surface area contributed by atoms with E-state index in [9.17, 15) is 4.39 Å². The molecule has 1 aromatic heterocycles. The fourth-order valence-corrected chi connectivity index (χ4v) is 3.87. The molecule has 8 heteroatoms. The third-order valence-corrected chi connectivity index (χ3v) is 5.26. The van der Waals surface area contributed by atoms with Gasteiger partial charge in [-0.25, -0.2) is 9.07 Å². The smallest absolute Gasteiger partial charge is 0.214 e. The van der Waals surface area contributed by atoms with Gasteiger partial charge >= 0.3 is 0 Å². The van der Waals surface area contributed by atoms with E-state index in [4.69, 9.17) is 5.26 Å². The lowest BCUT2D eigenvalue weighted by Gasteiger charge is -2.11. The van der Waals surface area contributed by atoms with Crippen molar-refractivity contribution in [3.63, 3.8) is 0 Å². The Morgan fingerprint density at radius 2 is 2.14 bits per heavy atom. The maximum Gasteiger partial charge on any atom is 0.214 e. The van der Waals surface area contributed by atoms with E-state index >= 15 is 0 Å². The molecule has 0 atom stereocenters. The topological polar surface area (TPSA) is 67.4 Å². The molecule has 0 bridgehead atoms. The first-order valence-electron chi connectivity index (χ1n) is 6.54. The molecule has 0 radical (unpaired) electrons. The third-order valence-electron chi connectivity index (χ3n) is 3.50. The highest BCUT2D eigenvalue weighted by Crippen LogP contribution is 2.36. The second-order valence-corrected chi connectivity index (χ2v) is 6.60. The summed E-state index contributed by atoms with van der Waals surface area (Å²) in [4.78, 5) is 0.398. The van der Waals surface area contributed by atoms with Gasteiger partial charge in [0, 0.05) is 0 Å². The van der Waals surface area contributed by atoms with Gasteiger partial charge in [-0.1, -0.05) is 12.8 Å². The second-order valence-electron chi connectivity index (χ2n) is 4.80. The molecule has 108 valence electrons. The van der Waals surface area contributed by atoms with Crippen LogP contribution in [-0.2, 0) is 0 Å². The summed E-state index contributed by atoms with van der Waals surface area (Å²) in [5.41, 5.74) is 0.271. The van der Waals surface area contributed by atoms with Crippen LogP contribution in [0, 0.1) is 17.1 Å². The SMILES string of the molecule is N#Cc1ccc(Sc2nnnn2C2CCCC2)c(F)c1Br. The predicted molar refractivity (Wildman–Crippen MR) is 78.3 cm³/mol. The molecule has 1 aliphatic rings. The minimum atomic E-state index is -0.458. The molecule has 3 rings (SSSR count). The van der Waals surface area contributed by atoms with Crippen LogP contribution in [0.4, 0.5) is 4.39 Å². The average molecular weight is 368 g/mol. The van der Waals surface area contributed by atoms with Crippen LogP contribution < -0.4 is 0 Å². The molecule has 1 aliphatic carbocycles. The average Bonchev–Trinajstić information content (AvgIpc) is 3.15. The fraction of sp³-hybridized carbons (Fsp3) is 0.385. The zero-order chi connectivity index (χ0) is 14.8. The number of rotatable bonds is 3. The Labute approximate surface area is 133 Å². The van der Waals surface area contributed by atoms with Crippen molar-refractivity contribution in [1.29, 1.82) is 5.26 Å². The van der Waals surface area contributed by atoms with Gasteiger partial charge in [-0.2, -0.15) is 5.26 Å². The van der Waals surface area contributed by atoms with Gasteiger partial charge in [0.05, 0.1) is 21.0 Å². The first kappa shape index (κ1) is 14.5. The molecule has 1 aromatic carbocycles. The molecule has 1 saturated carbocycles. The molecular weight excluding hydrogens is 357 g/mol. The Kier molecular flexibility index (Phi) is 4.22. The van der Waals surface area contributed by atoms with Gasteiger partial charge in [-0.05, 0) is 63.1 Å². The highest BCUT2D eigenvalue weighted by molar-refractivity contribution is 9.10. The summed E-state index contributed by atoms with van der Waals surface area (Å²) in [5.74, 6) is -0.458. The van der Waals surface area contributed by atoms with E-state index < -0.39 is 5.82 Å². The van der Waals surface area contributed by atoms with Gasteiger partial charge in [-0.15, -0.1) is 5.10 Å². The Balaban J connectivity index is 1.90. The van der Waals surface area contributed by atoms with Gasteiger partial charge in [0.25, 0.3) is 0 Å². The normalized spacial score (nSPS) is 15.3. The van der Waals surface area contributed by atoms with Crippen LogP contribution >= 0.6 is 27.7 Å². The summed E-state index contributed by atoms with van der Waals surface area (Å²) in [6, 6.07) is 5.40. The third kappa shape index (κ3) is 2.80. The van der Waals surface area contributed by atoms with Crippen LogP contribution in [0.1, 0.15) is 37.3 Å². The van der Waals surface area contributed by atoms with Gasteiger partial charge in [0.15, 0.2) is 5.82 Å². The molecule has 5 nitrogen and oxygen atoms in total. The summed E-state index contributed by atoms with van der Waals surface area (Å²) in [6.07, 6.45) is 4.45. The molecule has 1 fully saturated rings. The summed E-state index contributed by atoms with van der Waals surface area (Å²) in [5, 5.41) is 21.2. The lowest BCUT2D eigenvalue weighted by molar-refractivity contribution is 0.423. The number of hydrogen-bond donors (Lipinski definition) is 0. The zero-order valence-corrected chi connectivity index (χ0v) is 13.4. The molecule has 0 aliphatic heterocycles. The summed E-state index contributed by atoms with van der Waals surface area (Å²) >= 11 is 4.29. The van der Waals surface area contributed by atoms with Crippen molar-refractivity contribution in [1.82, 2.24) is 20.2 Å². The van der Waals surface area contributed by atoms with Crippen LogP contribution in [0.5, 0.6) is 0 Å². The van der Waals surface area contributed by atoms with Crippen molar-refractivity contribution >= 4 is 27.7 Å². The van der Waals surface area contributed by atoms with E-state index in [0.29, 0.717) is 16.1 Å². The molecule has 21 heavy (non-hydrogen) atoms. The van der Waals surface area contributed by atoms with Gasteiger partial charge in [0.1, 0.15) is 6.07 Å². The van der Waals surface area contributed by atoms with Crippen molar-refractivity contribution < 1.29 is 4.39 Å². The van der Waals surface area contributed by atoms with E-state index in [-0.39, 0.29) is 10.0 Å². The van der Waals surface area contributed by atoms with Crippen LogP contribution in [0.3, 0.4) is 0 Å². The first-order valence-corrected chi connectivity index (χ1v) is 8.15. The summed E-state index contributed by atoms with van der Waals surface area (Å²) in [7, 11) is 0. The maximum atomic E-state index is 14.3. The van der Waals surface area contributed by atoms with Crippen LogP contribution in [0.25, 0.3) is 0 Å². The molecular formula is C13H11BrFN5S. The maximum absolute atomic E-state index is 14.3. The van der Waals surface area contributed by atoms with E-state index in [1.54, 1.807) is 16.8 Å². The Bertz CT molecular complexity index is 705. The Hall–Kier alpha value is -1.46. The number of nitriles is 1. The number of benzene rings is 1. The zero-order valence-electron chi connectivity index (χ0n) is 11.0. The van der Waals surface area contributed by atoms with E-state index in [2.05, 4.69) is 31.5 Å². The van der Waals surface area contributed by atoms with Crippen LogP contribution in [0.2, 0.25) is 0 Å². The molecule has 0 saturated heterocycles. The lowest BCUT2D eigenvalue weighted by atomic mass is 10.2. The minimum Gasteiger partial charge on any atom is -0.217 e. The van der Waals surface area contributed by atoms with Crippen LogP contribution in [0.15, 0.2) is 26.7 Å². The molecule has 0 unspecified atom stereocenters. The molecule has 0 spiro atoms. The Morgan fingerprint density at radius 3 is 2.86 bits per heavy atom. The van der Waals surface area contributed by atoms with Crippen LogP contribution in [-0.4, -0.2) is 20.2 Å². The summed E-state index contributed by atoms with van der Waals surface area (Å²) in [6.45, 7) is 0. The van der Waals surface area contributed by atoms with Crippen molar-refractivity contribution in [3.05, 3.63) is 28.0 Å². The number of tetrazole rings is 1. The number of hydrogen-bond acceptors (Lipinski definition) is 5. The van der Waals surface area contributed by atoms with E-state index in [1.165, 1.54) is 24.6 Å². The quantitative estimate of drug-likeness (QED) is 0.826. The molecule has 2 aromatic rings. The van der Waals surface area contributed by atoms with E-state index in [0.717, 1.165) is 12.8 Å². The van der Waals surface area contributed by atoms with Gasteiger partial charge in [0.2, 0.25) is 5.16 Å². The van der Waals surface area contributed by atoms with Crippen molar-refractivity contribution in [3.8, 4) is 6.07 Å². The predicted octanol–water partition coefficient (Wildman–Crippen LogP) is 3.71. The fourth-order valence-electron chi connectivity index (χ4n) is 2.43. The first-order chi connectivity index (χ1) is 10.2. The standard InChI is InChI=1S/C13H11BrFN5S/c14-11-8(7-16)5-6-10(12(11)15)21-13-17-18-19-20(13)9-3-1-2-4-9/h5-6,9H,1-4H2. The minimum absolute atomic E-state index is 0.176. The summed E-state index contributed by atoms with van der Waals surface area (Å²) < 4.78 is 16.2. The highest BCUT2D eigenvalue weighted by atomic mass is 79.9. The van der Waals surface area contributed by atoms with Crippen molar-refractivity contribution in [2.45, 2.75) is 41.8 Å². The van der Waals surface area contributed by atoms with Crippen molar-refractivity contribution in [2.24, 2.45) is 0 Å². The Morgan fingerprint density at radius 1 is 1.38 bits per heavy atom. The van der Waals surface area contributed by atoms with Gasteiger partial charge < -0.3 is 0 Å². The van der Waals surface area contributed by atoms with E-state index in [1.807, 2.05) is 6.07 Å².